The number of guanidine groups is 2. The van der Waals surface area contributed by atoms with E-state index in [1.54, 1.807) is 34.0 Å². The van der Waals surface area contributed by atoms with Crippen LogP contribution >= 0.6 is 33.3 Å². The van der Waals surface area contributed by atoms with Gasteiger partial charge >= 0.3 is 11.9 Å². The van der Waals surface area contributed by atoms with Crippen LogP contribution in [0.3, 0.4) is 0 Å². The number of fused-ring (bicyclic) bond motifs is 1. The number of aliphatic carboxylic acids is 2. The van der Waals surface area contributed by atoms with Gasteiger partial charge in [0.15, 0.2) is 11.9 Å². The number of hydrogen-bond acceptors (Lipinski definition) is 24. The van der Waals surface area contributed by atoms with Crippen LogP contribution in [0.5, 0.6) is 0 Å². The molecule has 0 aromatic carbocycles. The molecule has 3 rings (SSSR count). The molecule has 622 valence electrons. The lowest BCUT2D eigenvalue weighted by Gasteiger charge is -2.31. The number of aliphatic imine (C=N–C) groups is 2. The van der Waals surface area contributed by atoms with E-state index >= 15 is 0 Å². The second kappa shape index (κ2) is 48.6. The van der Waals surface area contributed by atoms with Crippen LogP contribution in [0.2, 0.25) is 0 Å². The van der Waals surface area contributed by atoms with E-state index in [-0.39, 0.29) is 120 Å². The highest BCUT2D eigenvalue weighted by Crippen LogP contribution is 2.26. The van der Waals surface area contributed by atoms with Gasteiger partial charge in [0.25, 0.3) is 0 Å². The highest BCUT2D eigenvalue weighted by Gasteiger charge is 2.43. The summed E-state index contributed by atoms with van der Waals surface area (Å²) in [5.41, 5.74) is 27.5. The van der Waals surface area contributed by atoms with E-state index in [0.29, 0.717) is 0 Å². The van der Waals surface area contributed by atoms with Gasteiger partial charge in [0.2, 0.25) is 94.5 Å². The fourth-order valence-electron chi connectivity index (χ4n) is 11.6. The summed E-state index contributed by atoms with van der Waals surface area (Å²) in [6.45, 7) is 6.14. The molecular weight excluding hydrogens is 1520 g/mol. The quantitative estimate of drug-likeness (QED) is 0.0121. The highest BCUT2D eigenvalue weighted by molar-refractivity contribution is 8.76. The number of nitrogens with zero attached hydrogens (tertiary/aromatic N) is 4. The van der Waals surface area contributed by atoms with Gasteiger partial charge in [-0.15, -0.1) is 0 Å². The molecule has 0 bridgehead atoms. The lowest BCUT2D eigenvalue weighted by molar-refractivity contribution is -0.146. The van der Waals surface area contributed by atoms with E-state index in [9.17, 15) is 102 Å². The number of thioether (sulfide) groups is 1. The predicted octanol–water partition coefficient (Wildman–Crippen LogP) is -8.65. The SMILES string of the molecule is CSCC[C@@H]1NC(=O)[C@@H](NC(=O)[C@H](CC(C)C)NC(=O)CNC(=O)[C@H](CO)NC(=O)[C@H](CC(=O)O)NC(C)=O)CSSC[C@@H](C(=O)N[C@@H](CC(=O)O)C(=O)N2CCC[C@H]2C(=O)N[C@@H](CCCN=C(N)N)C(N)=O)NC(=O)CNC(=O)[C@H](CCCN=C(N)N)NC(=O)[C@H](CC(C)C)NC(=O)[C@H](C)NC(=O)[C@@H]2CCCN2C1=O. The number of aliphatic hydroxyl groups is 1. The van der Waals surface area contributed by atoms with E-state index in [4.69, 9.17) is 28.7 Å². The number of carbonyl (C=O) groups is 18. The fourth-order valence-corrected chi connectivity index (χ4v) is 14.4. The number of aliphatic hydroxyl groups excluding tert-OH is 1. The van der Waals surface area contributed by atoms with E-state index in [2.05, 4.69) is 79.1 Å². The number of likely N-dealkylation sites (tertiary alicyclic amines) is 1. The maximum atomic E-state index is 15.0. The Morgan fingerprint density at radius 3 is 1.84 bits per heavy atom. The smallest absolute Gasteiger partial charge is 0.305 e. The number of carbonyl (C=O) groups excluding carboxylic acids is 16. The van der Waals surface area contributed by atoms with Crippen molar-refractivity contribution in [3.8, 4) is 0 Å². The van der Waals surface area contributed by atoms with Crippen LogP contribution in [0.25, 0.3) is 0 Å². The minimum absolute atomic E-state index is 0.000942. The summed E-state index contributed by atoms with van der Waals surface area (Å²) in [7, 11) is 1.53. The van der Waals surface area contributed by atoms with E-state index < -0.39 is 235 Å². The summed E-state index contributed by atoms with van der Waals surface area (Å²) in [6, 6.07) is -19.8. The van der Waals surface area contributed by atoms with Crippen LogP contribution in [0.15, 0.2) is 9.98 Å². The molecule has 3 heterocycles. The molecule has 0 spiro atoms. The Morgan fingerprint density at radius 2 is 1.23 bits per heavy atom. The molecular formula is C65H108N22O21S3. The third-order valence-corrected chi connectivity index (χ3v) is 20.2. The summed E-state index contributed by atoms with van der Waals surface area (Å²) < 4.78 is 0. The molecule has 111 heavy (non-hydrogen) atoms. The molecule has 0 radical (unpaired) electrons. The van der Waals surface area contributed by atoms with Gasteiger partial charge < -0.3 is 123 Å². The lowest BCUT2D eigenvalue weighted by Crippen LogP contribution is -2.60. The Bertz CT molecular complexity index is 3370. The van der Waals surface area contributed by atoms with Crippen molar-refractivity contribution in [2.75, 3.05) is 69.4 Å². The van der Waals surface area contributed by atoms with Gasteiger partial charge in [0, 0.05) is 44.6 Å². The van der Waals surface area contributed by atoms with Crippen LogP contribution in [-0.4, -0.2) is 291 Å². The van der Waals surface area contributed by atoms with Gasteiger partial charge in [-0.05, 0) is 101 Å². The normalized spacial score (nSPS) is 21.9. The van der Waals surface area contributed by atoms with Gasteiger partial charge in [-0.1, -0.05) is 49.3 Å². The average Bonchev–Trinajstić information content (AvgIpc) is 1.72. The van der Waals surface area contributed by atoms with E-state index in [1.165, 1.54) is 23.6 Å². The summed E-state index contributed by atoms with van der Waals surface area (Å²) >= 11 is 1.29. The molecule has 3 aliphatic heterocycles. The Labute approximate surface area is 652 Å². The fraction of sp³-hybridized carbons (Fsp3) is 0.692. The van der Waals surface area contributed by atoms with Crippen molar-refractivity contribution in [1.29, 1.82) is 0 Å². The summed E-state index contributed by atoms with van der Waals surface area (Å²) in [5.74, 6) is -20.7. The Hall–Kier alpha value is -9.99. The van der Waals surface area contributed by atoms with Crippen molar-refractivity contribution < 1.29 is 102 Å². The van der Waals surface area contributed by atoms with Crippen LogP contribution in [0.4, 0.5) is 0 Å². The zero-order chi connectivity index (χ0) is 83.4. The first-order valence-corrected chi connectivity index (χ1v) is 39.8. The maximum Gasteiger partial charge on any atom is 0.305 e. The molecule has 13 atom stereocenters. The minimum Gasteiger partial charge on any atom is -0.481 e. The minimum atomic E-state index is -1.96. The predicted molar refractivity (Wildman–Crippen MR) is 406 cm³/mol. The first-order chi connectivity index (χ1) is 52.3. The monoisotopic (exact) mass is 1630 g/mol. The lowest BCUT2D eigenvalue weighted by atomic mass is 10.0. The molecule has 0 aliphatic carbocycles. The maximum absolute atomic E-state index is 15.0. The molecule has 0 unspecified atom stereocenters. The van der Waals surface area contributed by atoms with Crippen LogP contribution in [0.1, 0.15) is 125 Å². The standard InChI is InChI=1S/C65H108N22O21S3/c1-31(2)22-38(77-47(90)26-74-54(99)42(28-88)84-57(102)40(24-49(92)93)76-34(6)89)55(100)85-44-30-111-110-29-43(58(103)83-41(25-50(94)95)63(108)87-20-11-15-46(87)61(106)79-35(51(66)96)12-8-17-71-64(67)68)78-48(91)27-73-53(98)36(13-9-18-72-65(69)70)80-56(101)39(23-32(3)4)82-52(97)33(5)75-60(105)45-14-10-19-86(45)62(107)37(16-21-109-7)81-59(44)104/h31-33,35-46,88H,8-30H2,1-7H3,(H2,66,96)(H,73,98)(H,74,99)(H,75,105)(H,76,89)(H,77,90)(H,78,91)(H,79,106)(H,80,101)(H,81,104)(H,82,97)(H,83,103)(H,84,102)(H,85,100)(H,92,93)(H,94,95)(H4,67,68,71)(H4,69,70,72)/t33-,35-,36-,37-,38-,39-,40-,41-,42-,43-,44-,45-,46-/m0/s1. The van der Waals surface area contributed by atoms with Gasteiger partial charge in [-0.25, -0.2) is 0 Å². The molecule has 0 aromatic rings. The van der Waals surface area contributed by atoms with Gasteiger partial charge in [0.05, 0.1) is 32.5 Å². The van der Waals surface area contributed by atoms with Crippen molar-refractivity contribution in [3.05, 3.63) is 0 Å². The first-order valence-electron chi connectivity index (χ1n) is 35.9. The zero-order valence-electron chi connectivity index (χ0n) is 63.0. The Morgan fingerprint density at radius 1 is 0.622 bits per heavy atom. The Kier molecular flexibility index (Phi) is 41.7. The summed E-state index contributed by atoms with van der Waals surface area (Å²) in [4.78, 5) is 257. The number of carboxylic acid groups (broad SMARTS) is 2. The number of carboxylic acids is 2. The van der Waals surface area contributed by atoms with Crippen molar-refractivity contribution in [3.63, 3.8) is 0 Å². The second-order valence-electron chi connectivity index (χ2n) is 27.3. The van der Waals surface area contributed by atoms with Crippen molar-refractivity contribution in [2.24, 2.45) is 50.5 Å². The molecule has 16 amide bonds. The summed E-state index contributed by atoms with van der Waals surface area (Å²) in [5, 5.41) is 61.2. The number of nitrogens with one attached hydrogen (secondary N) is 13. The molecule has 3 aliphatic rings. The highest BCUT2D eigenvalue weighted by atomic mass is 33.1. The third-order valence-electron chi connectivity index (χ3n) is 17.1. The van der Waals surface area contributed by atoms with Gasteiger partial charge in [-0.2, -0.15) is 11.8 Å². The average molecular weight is 1630 g/mol. The Balaban J connectivity index is 2.21. The molecule has 3 saturated heterocycles. The van der Waals surface area contributed by atoms with Crippen LogP contribution in [-0.2, 0) is 86.3 Å². The molecule has 0 aromatic heterocycles. The number of nitrogens with two attached hydrogens (primary N) is 5. The number of hydrogen-bond donors (Lipinski definition) is 21. The number of primary amides is 1. The van der Waals surface area contributed by atoms with Gasteiger partial charge in [0.1, 0.15) is 78.5 Å². The summed E-state index contributed by atoms with van der Waals surface area (Å²) in [6.07, 6.45) is 0.151. The number of amides is 16. The third kappa shape index (κ3) is 34.4. The topological polar surface area (TPSA) is 686 Å². The van der Waals surface area contributed by atoms with E-state index in [1.807, 2.05) is 0 Å². The van der Waals surface area contributed by atoms with Crippen molar-refractivity contribution in [1.82, 2.24) is 78.9 Å². The number of rotatable bonds is 35. The zero-order valence-corrected chi connectivity index (χ0v) is 65.5. The molecule has 0 saturated carbocycles. The van der Waals surface area contributed by atoms with Crippen LogP contribution in [0, 0.1) is 11.8 Å². The molecule has 46 heteroatoms. The first kappa shape index (κ1) is 95.2. The van der Waals surface area contributed by atoms with E-state index in [0.717, 1.165) is 33.4 Å². The van der Waals surface area contributed by atoms with Gasteiger partial charge in [-0.3, -0.25) is 96.3 Å². The van der Waals surface area contributed by atoms with Crippen molar-refractivity contribution in [2.45, 2.75) is 204 Å². The largest absolute Gasteiger partial charge is 0.481 e. The van der Waals surface area contributed by atoms with Crippen LogP contribution < -0.4 is 97.8 Å². The second-order valence-corrected chi connectivity index (χ2v) is 30.8. The molecule has 3 fully saturated rings. The molecule has 43 nitrogen and oxygen atoms in total. The molecule has 26 N–H and O–H groups in total. The van der Waals surface area contributed by atoms with Crippen molar-refractivity contribution >= 4 is 152 Å².